The van der Waals surface area contributed by atoms with Gasteiger partial charge in [-0.25, -0.2) is 4.98 Å². The van der Waals surface area contributed by atoms with E-state index in [-0.39, 0.29) is 52.1 Å². The van der Waals surface area contributed by atoms with Crippen molar-refractivity contribution < 1.29 is 20.4 Å². The van der Waals surface area contributed by atoms with Crippen LogP contribution in [0.5, 0.6) is 23.0 Å². The van der Waals surface area contributed by atoms with Gasteiger partial charge in [0.05, 0.1) is 17.1 Å². The second kappa shape index (κ2) is 15.4. The molecule has 2 aromatic heterocycles. The average molecular weight is 787 g/mol. The lowest BCUT2D eigenvalue weighted by Crippen LogP contribution is -2.15. The summed E-state index contributed by atoms with van der Waals surface area (Å²) in [5.74, 6) is 0.598. The van der Waals surface area contributed by atoms with Crippen molar-refractivity contribution in [2.75, 3.05) is 0 Å². The molecule has 6 heteroatoms. The lowest BCUT2D eigenvalue weighted by molar-refractivity contribution is 0.449. The maximum atomic E-state index is 12.2. The highest BCUT2D eigenvalue weighted by atomic mass is 16.3. The molecular formula is C53H58N2O4. The Bertz CT molecular complexity index is 2500. The first-order valence-electron chi connectivity index (χ1n) is 20.6. The molecule has 1 aliphatic rings. The number of rotatable bonds is 3. The van der Waals surface area contributed by atoms with E-state index in [0.717, 1.165) is 45.0 Å². The third kappa shape index (κ3) is 8.92. The van der Waals surface area contributed by atoms with Gasteiger partial charge >= 0.3 is 0 Å². The van der Waals surface area contributed by atoms with Gasteiger partial charge in [0.15, 0.2) is 0 Å². The monoisotopic (exact) mass is 786 g/mol. The third-order valence-electron chi connectivity index (χ3n) is 11.6. The first kappa shape index (κ1) is 41.3. The van der Waals surface area contributed by atoms with E-state index in [9.17, 15) is 20.4 Å². The topological polar surface area (TPSA) is 107 Å². The molecule has 0 saturated carbocycles. The average Bonchev–Trinajstić information content (AvgIpc) is 3.15. The van der Waals surface area contributed by atoms with E-state index in [1.54, 1.807) is 0 Å². The van der Waals surface area contributed by atoms with Crippen LogP contribution in [0.25, 0.3) is 23.5 Å². The molecule has 6 aromatic rings. The molecule has 7 rings (SSSR count). The maximum Gasteiger partial charge on any atom is 0.122 e. The first-order chi connectivity index (χ1) is 27.6. The van der Waals surface area contributed by atoms with Gasteiger partial charge in [0.25, 0.3) is 0 Å². The minimum Gasteiger partial charge on any atom is -0.507 e. The molecule has 8 bridgehead atoms. The number of aromatic hydroxyl groups is 4. The first-order valence-corrected chi connectivity index (χ1v) is 20.6. The Morgan fingerprint density at radius 1 is 0.424 bits per heavy atom. The minimum absolute atomic E-state index is 0.127. The van der Waals surface area contributed by atoms with Gasteiger partial charge < -0.3 is 20.4 Å². The number of aromatic nitrogens is 2. The van der Waals surface area contributed by atoms with Crippen molar-refractivity contribution in [3.8, 4) is 34.4 Å². The normalized spacial score (nSPS) is 13.5. The second-order valence-electron chi connectivity index (χ2n) is 19.5. The standard InChI is InChI=1S/C53H58N2O4/c1-31-13-11-15-45(54-31)46-16-12-14-44(55-46)18-17-32-19-33-21-35-25-41(51(2,3)4)27-37(48(35)57)23-39-29-43(53(8,9)10)30-40(50(39)59)24-38-28-42(52(5,6)7)26-36(49(38)58)22-34(20-32)47(33)56/h11-20,25-30,56-59H,21-24H2,1-10H3/b18-17+. The summed E-state index contributed by atoms with van der Waals surface area (Å²) < 4.78 is 0. The van der Waals surface area contributed by atoms with Crippen molar-refractivity contribution in [1.29, 1.82) is 0 Å². The van der Waals surface area contributed by atoms with Crippen LogP contribution in [0.2, 0.25) is 0 Å². The molecule has 0 unspecified atom stereocenters. The predicted octanol–water partition coefficient (Wildman–Crippen LogP) is 12.0. The molecule has 1 aliphatic carbocycles. The van der Waals surface area contributed by atoms with Gasteiger partial charge in [0.1, 0.15) is 23.0 Å². The van der Waals surface area contributed by atoms with Crippen LogP contribution >= 0.6 is 0 Å². The van der Waals surface area contributed by atoms with Crippen molar-refractivity contribution >= 4 is 12.2 Å². The minimum atomic E-state index is -0.239. The number of hydrogen-bond acceptors (Lipinski definition) is 6. The molecule has 0 aliphatic heterocycles. The van der Waals surface area contributed by atoms with Crippen molar-refractivity contribution in [3.63, 3.8) is 0 Å². The number of benzene rings is 4. The maximum absolute atomic E-state index is 12.2. The van der Waals surface area contributed by atoms with Gasteiger partial charge in [0.2, 0.25) is 0 Å². The Kier molecular flexibility index (Phi) is 10.8. The highest BCUT2D eigenvalue weighted by molar-refractivity contribution is 5.71. The van der Waals surface area contributed by atoms with Crippen molar-refractivity contribution in [3.05, 3.63) is 163 Å². The Hall–Kier alpha value is -5.88. The van der Waals surface area contributed by atoms with Crippen LogP contribution < -0.4 is 0 Å². The SMILES string of the molecule is Cc1cccc(-c2cccc(/C=C/c3cc4c(O)c(c3)Cc3cc(C(C)(C)C)cc(c3O)Cc3cc(C(C)(C)C)cc(c3O)Cc3cc(C(C)(C)C)cc(c3O)C4)n2)n1. The van der Waals surface area contributed by atoms with Crippen LogP contribution in [0.1, 0.15) is 140 Å². The van der Waals surface area contributed by atoms with E-state index in [1.165, 1.54) is 0 Å². The molecule has 59 heavy (non-hydrogen) atoms. The molecule has 0 spiro atoms. The summed E-state index contributed by atoms with van der Waals surface area (Å²) >= 11 is 0. The molecule has 0 amide bonds. The quantitative estimate of drug-likeness (QED) is 0.142. The molecule has 4 N–H and O–H groups in total. The zero-order chi connectivity index (χ0) is 42.6. The summed E-state index contributed by atoms with van der Waals surface area (Å²) in [6, 6.07) is 28.0. The highest BCUT2D eigenvalue weighted by Gasteiger charge is 2.26. The van der Waals surface area contributed by atoms with Crippen molar-refractivity contribution in [2.24, 2.45) is 0 Å². The van der Waals surface area contributed by atoms with Crippen LogP contribution in [-0.2, 0) is 41.9 Å². The van der Waals surface area contributed by atoms with E-state index < -0.39 is 0 Å². The number of nitrogens with zero attached hydrogens (tertiary/aromatic N) is 2. The number of aryl methyl sites for hydroxylation is 1. The Morgan fingerprint density at radius 3 is 1.08 bits per heavy atom. The molecule has 0 atom stereocenters. The zero-order valence-corrected chi connectivity index (χ0v) is 36.2. The lowest BCUT2D eigenvalue weighted by atomic mass is 9.80. The van der Waals surface area contributed by atoms with Crippen LogP contribution in [0.15, 0.2) is 84.9 Å². The summed E-state index contributed by atoms with van der Waals surface area (Å²) in [5, 5.41) is 48.4. The molecule has 304 valence electrons. The lowest BCUT2D eigenvalue weighted by Gasteiger charge is -2.26. The molecule has 6 nitrogen and oxygen atoms in total. The molecular weight excluding hydrogens is 729 g/mol. The fourth-order valence-electron chi connectivity index (χ4n) is 7.92. The predicted molar refractivity (Wildman–Crippen MR) is 241 cm³/mol. The zero-order valence-electron chi connectivity index (χ0n) is 36.2. The number of fused-ring (bicyclic) bond motifs is 8. The van der Waals surface area contributed by atoms with Gasteiger partial charge in [0, 0.05) is 31.4 Å². The van der Waals surface area contributed by atoms with E-state index in [0.29, 0.717) is 57.3 Å². The number of phenols is 4. The van der Waals surface area contributed by atoms with Gasteiger partial charge in [-0.1, -0.05) is 117 Å². The molecule has 0 radical (unpaired) electrons. The van der Waals surface area contributed by atoms with Crippen molar-refractivity contribution in [2.45, 2.75) is 111 Å². The largest absolute Gasteiger partial charge is 0.507 e. The number of phenolic OH excluding ortho intramolecular Hbond substituents is 4. The summed E-state index contributed by atoms with van der Waals surface area (Å²) in [4.78, 5) is 9.55. The fourth-order valence-corrected chi connectivity index (χ4v) is 7.92. The van der Waals surface area contributed by atoms with Crippen LogP contribution in [0, 0.1) is 6.92 Å². The molecule has 0 fully saturated rings. The van der Waals surface area contributed by atoms with E-state index >= 15 is 0 Å². The molecule has 0 saturated heterocycles. The smallest absolute Gasteiger partial charge is 0.122 e. The van der Waals surface area contributed by atoms with Crippen molar-refractivity contribution in [1.82, 2.24) is 9.97 Å². The molecule has 4 aromatic carbocycles. The van der Waals surface area contributed by atoms with Crippen LogP contribution in [-0.4, -0.2) is 30.4 Å². The summed E-state index contributed by atoms with van der Waals surface area (Å²) in [6.07, 6.45) is 5.08. The third-order valence-corrected chi connectivity index (χ3v) is 11.6. The van der Waals surface area contributed by atoms with Gasteiger partial charge in [-0.3, -0.25) is 4.98 Å². The van der Waals surface area contributed by atoms with Crippen LogP contribution in [0.4, 0.5) is 0 Å². The van der Waals surface area contributed by atoms with Gasteiger partial charge in [-0.2, -0.15) is 0 Å². The Labute approximate surface area is 350 Å². The van der Waals surface area contributed by atoms with E-state index in [2.05, 4.69) is 79.4 Å². The van der Waals surface area contributed by atoms with E-state index in [4.69, 9.17) is 4.98 Å². The summed E-state index contributed by atoms with van der Waals surface area (Å²) in [7, 11) is 0. The highest BCUT2D eigenvalue weighted by Crippen LogP contribution is 2.42. The van der Waals surface area contributed by atoms with Gasteiger partial charge in [-0.15, -0.1) is 0 Å². The van der Waals surface area contributed by atoms with E-state index in [1.807, 2.05) is 91.9 Å². The van der Waals surface area contributed by atoms with Gasteiger partial charge in [-0.05, 0) is 132 Å². The second-order valence-corrected chi connectivity index (χ2v) is 19.5. The molecule has 2 heterocycles. The summed E-state index contributed by atoms with van der Waals surface area (Å²) in [6.45, 7) is 21.4. The Balaban J connectivity index is 1.45. The number of hydrogen-bond donors (Lipinski definition) is 4. The van der Waals surface area contributed by atoms with Crippen LogP contribution in [0.3, 0.4) is 0 Å². The Morgan fingerprint density at radius 2 is 0.746 bits per heavy atom. The summed E-state index contributed by atoms with van der Waals surface area (Å²) in [5.41, 5.74) is 12.1. The number of pyridine rings is 2. The fraction of sp³-hybridized carbons (Fsp3) is 0.321.